The fourth-order valence-corrected chi connectivity index (χ4v) is 3.05. The lowest BCUT2D eigenvalue weighted by atomic mass is 10.1. The third kappa shape index (κ3) is 4.49. The van der Waals surface area contributed by atoms with Crippen molar-refractivity contribution in [3.05, 3.63) is 29.8 Å². The van der Waals surface area contributed by atoms with Crippen LogP contribution in [0.15, 0.2) is 24.3 Å². The smallest absolute Gasteiger partial charge is 0.244 e. The molecule has 0 radical (unpaired) electrons. The first-order chi connectivity index (χ1) is 12.0. The number of ether oxygens (including phenoxy) is 1. The van der Waals surface area contributed by atoms with Crippen LogP contribution in [0.2, 0.25) is 0 Å². The zero-order valence-electron chi connectivity index (χ0n) is 14.9. The van der Waals surface area contributed by atoms with Gasteiger partial charge < -0.3 is 19.9 Å². The predicted molar refractivity (Wildman–Crippen MR) is 93.1 cm³/mol. The Bertz CT molecular complexity index is 647. The van der Waals surface area contributed by atoms with Crippen LogP contribution in [0.3, 0.4) is 0 Å². The van der Waals surface area contributed by atoms with Crippen molar-refractivity contribution in [2.24, 2.45) is 0 Å². The fourth-order valence-electron chi connectivity index (χ4n) is 3.05. The van der Waals surface area contributed by atoms with Crippen LogP contribution in [0, 0.1) is 0 Å². The number of carbonyl (C=O) groups excluding carboxylic acids is 3. The number of hydrogen-bond acceptors (Lipinski definition) is 4. The second-order valence-electron chi connectivity index (χ2n) is 5.99. The Labute approximate surface area is 147 Å². The van der Waals surface area contributed by atoms with Crippen molar-refractivity contribution in [3.63, 3.8) is 0 Å². The lowest BCUT2D eigenvalue weighted by Gasteiger charge is -2.40. The molecule has 1 N–H and O–H groups in total. The van der Waals surface area contributed by atoms with Gasteiger partial charge >= 0.3 is 0 Å². The van der Waals surface area contributed by atoms with Crippen molar-refractivity contribution < 1.29 is 19.1 Å². The fraction of sp³-hybridized carbons (Fsp3) is 0.500. The molecule has 2 rings (SSSR count). The minimum atomic E-state index is -0.646. The number of nitrogens with zero attached hydrogens (tertiary/aromatic N) is 2. The highest BCUT2D eigenvalue weighted by atomic mass is 16.5. The monoisotopic (exact) mass is 347 g/mol. The van der Waals surface area contributed by atoms with Gasteiger partial charge in [0.05, 0.1) is 13.7 Å². The summed E-state index contributed by atoms with van der Waals surface area (Å²) in [6.45, 7) is 2.52. The quantitative estimate of drug-likeness (QED) is 0.838. The van der Waals surface area contributed by atoms with E-state index in [-0.39, 0.29) is 30.7 Å². The predicted octanol–water partition coefficient (Wildman–Crippen LogP) is 0.433. The molecule has 0 spiro atoms. The van der Waals surface area contributed by atoms with Crippen LogP contribution < -0.4 is 10.1 Å². The first kappa shape index (κ1) is 18.8. The Kier molecular flexibility index (Phi) is 6.38. The van der Waals surface area contributed by atoms with E-state index in [9.17, 15) is 14.4 Å². The second kappa shape index (κ2) is 8.50. The highest BCUT2D eigenvalue weighted by Crippen LogP contribution is 2.20. The average molecular weight is 347 g/mol. The van der Waals surface area contributed by atoms with Gasteiger partial charge in [0.2, 0.25) is 17.7 Å². The minimum absolute atomic E-state index is 0.0879. The molecule has 1 fully saturated rings. The molecule has 136 valence electrons. The topological polar surface area (TPSA) is 79.0 Å². The first-order valence-corrected chi connectivity index (χ1v) is 8.36. The molecule has 1 heterocycles. The molecule has 3 amide bonds. The van der Waals surface area contributed by atoms with Crippen molar-refractivity contribution >= 4 is 17.7 Å². The number of methoxy groups -OCH3 is 1. The van der Waals surface area contributed by atoms with Gasteiger partial charge in [0.15, 0.2) is 0 Å². The third-order valence-electron chi connectivity index (χ3n) is 4.50. The third-order valence-corrected chi connectivity index (χ3v) is 4.50. The van der Waals surface area contributed by atoms with E-state index in [4.69, 9.17) is 4.74 Å². The Morgan fingerprint density at radius 2 is 1.96 bits per heavy atom. The van der Waals surface area contributed by atoms with Gasteiger partial charge in [-0.05, 0) is 18.1 Å². The number of nitrogens with one attached hydrogen (secondary N) is 1. The van der Waals surface area contributed by atoms with Gasteiger partial charge in [-0.3, -0.25) is 14.4 Å². The van der Waals surface area contributed by atoms with Gasteiger partial charge in [0, 0.05) is 33.5 Å². The molecule has 0 saturated carbocycles. The van der Waals surface area contributed by atoms with Gasteiger partial charge in [-0.1, -0.05) is 18.2 Å². The number of para-hydroxylation sites is 1. The molecule has 7 nitrogen and oxygen atoms in total. The summed E-state index contributed by atoms with van der Waals surface area (Å²) in [5.41, 5.74) is 0.956. The molecule has 1 aromatic rings. The number of likely N-dealkylation sites (N-methyl/N-ethyl adjacent to an activating group) is 1. The standard InChI is InChI=1S/C18H25N3O4/c1-13(22)20-10-11-21(15(12-20)18(24)19-2)17(23)9-8-14-6-4-5-7-16(14)25-3/h4-7,15H,8-12H2,1-3H3,(H,19,24)/t15-/m0/s1. The Morgan fingerprint density at radius 1 is 1.24 bits per heavy atom. The lowest BCUT2D eigenvalue weighted by molar-refractivity contribution is -0.147. The van der Waals surface area contributed by atoms with Crippen molar-refractivity contribution in [2.45, 2.75) is 25.8 Å². The number of amides is 3. The second-order valence-corrected chi connectivity index (χ2v) is 5.99. The molecule has 25 heavy (non-hydrogen) atoms. The maximum atomic E-state index is 12.7. The Hall–Kier alpha value is -2.57. The summed E-state index contributed by atoms with van der Waals surface area (Å²) >= 11 is 0. The van der Waals surface area contributed by atoms with Crippen LogP contribution in [0.25, 0.3) is 0 Å². The molecule has 0 aliphatic carbocycles. The molecule has 7 heteroatoms. The number of rotatable bonds is 5. The van der Waals surface area contributed by atoms with Gasteiger partial charge in [-0.25, -0.2) is 0 Å². The van der Waals surface area contributed by atoms with Crippen LogP contribution in [0.5, 0.6) is 5.75 Å². The molecular weight excluding hydrogens is 322 g/mol. The first-order valence-electron chi connectivity index (χ1n) is 8.36. The van der Waals surface area contributed by atoms with Gasteiger partial charge in [-0.15, -0.1) is 0 Å². The number of benzene rings is 1. The molecule has 0 unspecified atom stereocenters. The van der Waals surface area contributed by atoms with Gasteiger partial charge in [-0.2, -0.15) is 0 Å². The molecule has 1 atom stereocenters. The Balaban J connectivity index is 2.05. The minimum Gasteiger partial charge on any atom is -0.496 e. The van der Waals surface area contributed by atoms with E-state index >= 15 is 0 Å². The zero-order valence-corrected chi connectivity index (χ0v) is 14.9. The van der Waals surface area contributed by atoms with E-state index in [0.29, 0.717) is 19.5 Å². The molecule has 1 aliphatic heterocycles. The van der Waals surface area contributed by atoms with E-state index in [0.717, 1.165) is 11.3 Å². The van der Waals surface area contributed by atoms with Crippen molar-refractivity contribution in [1.29, 1.82) is 0 Å². The van der Waals surface area contributed by atoms with Crippen LogP contribution in [-0.4, -0.2) is 67.4 Å². The van der Waals surface area contributed by atoms with Crippen LogP contribution in [-0.2, 0) is 20.8 Å². The summed E-state index contributed by atoms with van der Waals surface area (Å²) in [4.78, 5) is 39.6. The maximum absolute atomic E-state index is 12.7. The summed E-state index contributed by atoms with van der Waals surface area (Å²) in [5.74, 6) is 0.314. The molecule has 0 bridgehead atoms. The summed E-state index contributed by atoms with van der Waals surface area (Å²) in [5, 5.41) is 2.58. The molecule has 1 saturated heterocycles. The summed E-state index contributed by atoms with van der Waals surface area (Å²) in [7, 11) is 3.13. The number of hydrogen-bond donors (Lipinski definition) is 1. The maximum Gasteiger partial charge on any atom is 0.244 e. The van der Waals surface area contributed by atoms with Crippen LogP contribution >= 0.6 is 0 Å². The molecular formula is C18H25N3O4. The van der Waals surface area contributed by atoms with Crippen LogP contribution in [0.1, 0.15) is 18.9 Å². The number of aryl methyl sites for hydroxylation is 1. The molecule has 0 aromatic heterocycles. The Morgan fingerprint density at radius 3 is 2.60 bits per heavy atom. The van der Waals surface area contributed by atoms with E-state index in [1.807, 2.05) is 24.3 Å². The largest absolute Gasteiger partial charge is 0.496 e. The highest BCUT2D eigenvalue weighted by molar-refractivity contribution is 5.89. The van der Waals surface area contributed by atoms with E-state index < -0.39 is 6.04 Å². The van der Waals surface area contributed by atoms with E-state index in [2.05, 4.69) is 5.32 Å². The number of piperazine rings is 1. The highest BCUT2D eigenvalue weighted by Gasteiger charge is 2.35. The van der Waals surface area contributed by atoms with Crippen molar-refractivity contribution in [2.75, 3.05) is 33.8 Å². The normalized spacial score (nSPS) is 17.2. The van der Waals surface area contributed by atoms with Crippen LogP contribution in [0.4, 0.5) is 0 Å². The zero-order chi connectivity index (χ0) is 18.4. The summed E-state index contributed by atoms with van der Waals surface area (Å²) in [6.07, 6.45) is 0.824. The molecule has 1 aliphatic rings. The SMILES string of the molecule is CNC(=O)[C@@H]1CN(C(C)=O)CCN1C(=O)CCc1ccccc1OC. The molecule has 1 aromatic carbocycles. The van der Waals surface area contributed by atoms with Gasteiger partial charge in [0.25, 0.3) is 0 Å². The van der Waals surface area contributed by atoms with Gasteiger partial charge in [0.1, 0.15) is 11.8 Å². The lowest BCUT2D eigenvalue weighted by Crippen LogP contribution is -2.61. The summed E-state index contributed by atoms with van der Waals surface area (Å²) in [6, 6.07) is 6.93. The van der Waals surface area contributed by atoms with E-state index in [1.165, 1.54) is 14.0 Å². The number of carbonyl (C=O) groups is 3. The van der Waals surface area contributed by atoms with E-state index in [1.54, 1.807) is 16.9 Å². The van der Waals surface area contributed by atoms with Crippen molar-refractivity contribution in [3.8, 4) is 5.75 Å². The average Bonchev–Trinajstić information content (AvgIpc) is 2.64. The van der Waals surface area contributed by atoms with Crippen molar-refractivity contribution in [1.82, 2.24) is 15.1 Å². The summed E-state index contributed by atoms with van der Waals surface area (Å²) < 4.78 is 5.31.